The van der Waals surface area contributed by atoms with Gasteiger partial charge in [-0.15, -0.1) is 18.2 Å². The van der Waals surface area contributed by atoms with Gasteiger partial charge in [-0.2, -0.15) is 0 Å². The normalized spacial score (nSPS) is 19.4. The number of allylic oxidation sites excluding steroid dienone is 1. The van der Waals surface area contributed by atoms with Gasteiger partial charge >= 0.3 is 0 Å². The molecule has 2 aliphatic heterocycles. The number of ether oxygens (including phenoxy) is 2. The molecule has 2 aliphatic rings. The second-order valence-electron chi connectivity index (χ2n) is 5.31. The van der Waals surface area contributed by atoms with Crippen LogP contribution in [0.3, 0.4) is 0 Å². The maximum absolute atomic E-state index is 12.4. The Morgan fingerprint density at radius 3 is 2.71 bits per heavy atom. The lowest BCUT2D eigenvalue weighted by molar-refractivity contribution is -0.129. The van der Waals surface area contributed by atoms with Crippen LogP contribution in [0.4, 0.5) is 0 Å². The van der Waals surface area contributed by atoms with E-state index in [1.807, 2.05) is 23.1 Å². The van der Waals surface area contributed by atoms with Crippen LogP contribution in [0.25, 0.3) is 0 Å². The highest BCUT2D eigenvalue weighted by Crippen LogP contribution is 2.37. The summed E-state index contributed by atoms with van der Waals surface area (Å²) in [6.07, 6.45) is 3.83. The van der Waals surface area contributed by atoms with Crippen molar-refractivity contribution in [1.29, 1.82) is 0 Å². The van der Waals surface area contributed by atoms with Gasteiger partial charge < -0.3 is 14.4 Å². The summed E-state index contributed by atoms with van der Waals surface area (Å²) in [6, 6.07) is 5.63. The van der Waals surface area contributed by atoms with Gasteiger partial charge in [0.1, 0.15) is 5.38 Å². The molecule has 112 valence electrons. The molecule has 2 atom stereocenters. The third-order valence-electron chi connectivity index (χ3n) is 4.00. The fourth-order valence-corrected chi connectivity index (χ4v) is 3.20. The van der Waals surface area contributed by atoms with Gasteiger partial charge in [0.25, 0.3) is 0 Å². The van der Waals surface area contributed by atoms with Crippen molar-refractivity contribution in [3.05, 3.63) is 36.4 Å². The van der Waals surface area contributed by atoms with Crippen LogP contribution in [-0.2, 0) is 4.79 Å². The summed E-state index contributed by atoms with van der Waals surface area (Å²) in [5, 5.41) is -0.638. The number of carbonyl (C=O) groups is 1. The number of nitrogens with zero attached hydrogens (tertiary/aromatic N) is 1. The summed E-state index contributed by atoms with van der Waals surface area (Å²) >= 11 is 6.43. The molecule has 2 heterocycles. The van der Waals surface area contributed by atoms with Crippen LogP contribution in [0.15, 0.2) is 30.9 Å². The maximum Gasteiger partial charge on any atom is 0.241 e. The molecule has 1 fully saturated rings. The summed E-state index contributed by atoms with van der Waals surface area (Å²) < 4.78 is 10.7. The maximum atomic E-state index is 12.4. The average molecular weight is 308 g/mol. The third-order valence-corrected chi connectivity index (χ3v) is 4.46. The molecule has 1 aromatic rings. The predicted octanol–water partition coefficient (Wildman–Crippen LogP) is 2.91. The van der Waals surface area contributed by atoms with Gasteiger partial charge in [-0.3, -0.25) is 4.79 Å². The number of amides is 1. The molecule has 0 N–H and O–H groups in total. The molecule has 1 amide bonds. The van der Waals surface area contributed by atoms with Crippen molar-refractivity contribution < 1.29 is 14.3 Å². The molecule has 0 bridgehead atoms. The predicted molar refractivity (Wildman–Crippen MR) is 81.0 cm³/mol. The van der Waals surface area contributed by atoms with Crippen molar-refractivity contribution >= 4 is 17.5 Å². The summed E-state index contributed by atoms with van der Waals surface area (Å²) in [4.78, 5) is 14.3. The van der Waals surface area contributed by atoms with Gasteiger partial charge in [0, 0.05) is 19.0 Å². The van der Waals surface area contributed by atoms with Crippen LogP contribution in [0.2, 0.25) is 0 Å². The van der Waals surface area contributed by atoms with Crippen LogP contribution in [-0.4, -0.2) is 36.1 Å². The first-order valence-corrected chi connectivity index (χ1v) is 7.59. The van der Waals surface area contributed by atoms with Gasteiger partial charge in [0.05, 0.1) is 0 Å². The van der Waals surface area contributed by atoms with Gasteiger partial charge in [-0.05, 0) is 30.5 Å². The Labute approximate surface area is 129 Å². The third kappa shape index (κ3) is 2.72. The second kappa shape index (κ2) is 5.98. The van der Waals surface area contributed by atoms with E-state index in [-0.39, 0.29) is 18.6 Å². The van der Waals surface area contributed by atoms with E-state index in [4.69, 9.17) is 21.1 Å². The summed E-state index contributed by atoms with van der Waals surface area (Å²) in [6.45, 7) is 5.66. The van der Waals surface area contributed by atoms with Crippen molar-refractivity contribution in [3.8, 4) is 11.5 Å². The van der Waals surface area contributed by atoms with E-state index >= 15 is 0 Å². The minimum atomic E-state index is -0.638. The molecular weight excluding hydrogens is 290 g/mol. The number of halogens is 1. The van der Waals surface area contributed by atoms with E-state index < -0.39 is 5.38 Å². The Morgan fingerprint density at radius 1 is 1.29 bits per heavy atom. The number of hydrogen-bond donors (Lipinski definition) is 0. The van der Waals surface area contributed by atoms with Gasteiger partial charge in [0.15, 0.2) is 11.5 Å². The van der Waals surface area contributed by atoms with E-state index in [9.17, 15) is 4.79 Å². The minimum Gasteiger partial charge on any atom is -0.454 e. The number of alkyl halides is 1. The van der Waals surface area contributed by atoms with Gasteiger partial charge in [0.2, 0.25) is 12.7 Å². The zero-order valence-electron chi connectivity index (χ0n) is 11.8. The highest BCUT2D eigenvalue weighted by atomic mass is 35.5. The topological polar surface area (TPSA) is 38.8 Å². The quantitative estimate of drug-likeness (QED) is 0.634. The first-order valence-electron chi connectivity index (χ1n) is 7.15. The van der Waals surface area contributed by atoms with Crippen LogP contribution in [0.5, 0.6) is 11.5 Å². The number of carbonyl (C=O) groups excluding carboxylic acids is 1. The molecule has 1 saturated heterocycles. The number of fused-ring (bicyclic) bond motifs is 1. The van der Waals surface area contributed by atoms with Crippen LogP contribution >= 0.6 is 11.6 Å². The van der Waals surface area contributed by atoms with Crippen LogP contribution < -0.4 is 9.47 Å². The van der Waals surface area contributed by atoms with Crippen LogP contribution in [0, 0.1) is 0 Å². The SMILES string of the molecule is C=C[C@H](c1ccc2c(c1)OCO2)[C@@H](Cl)C(=O)N1CCCC1. The van der Waals surface area contributed by atoms with Crippen molar-refractivity contribution in [3.63, 3.8) is 0 Å². The summed E-state index contributed by atoms with van der Waals surface area (Å²) in [7, 11) is 0. The van der Waals surface area contributed by atoms with E-state index in [0.29, 0.717) is 5.75 Å². The first-order chi connectivity index (χ1) is 10.2. The Morgan fingerprint density at radius 2 is 2.00 bits per heavy atom. The minimum absolute atomic E-state index is 0.0169. The van der Waals surface area contributed by atoms with Crippen molar-refractivity contribution in [2.75, 3.05) is 19.9 Å². The van der Waals surface area contributed by atoms with Crippen molar-refractivity contribution in [2.24, 2.45) is 0 Å². The Bertz CT molecular complexity index is 554. The lowest BCUT2D eigenvalue weighted by Gasteiger charge is -2.24. The lowest BCUT2D eigenvalue weighted by atomic mass is 9.94. The molecule has 21 heavy (non-hydrogen) atoms. The lowest BCUT2D eigenvalue weighted by Crippen LogP contribution is -2.37. The Hall–Kier alpha value is -1.68. The molecule has 3 rings (SSSR count). The fraction of sp³-hybridized carbons (Fsp3) is 0.438. The highest BCUT2D eigenvalue weighted by Gasteiger charge is 2.31. The Kier molecular flexibility index (Phi) is 4.06. The molecule has 0 unspecified atom stereocenters. The number of likely N-dealkylation sites (tertiary alicyclic amines) is 1. The molecule has 0 saturated carbocycles. The van der Waals surface area contributed by atoms with E-state index in [0.717, 1.165) is 37.2 Å². The second-order valence-corrected chi connectivity index (χ2v) is 5.78. The zero-order chi connectivity index (χ0) is 14.8. The Balaban J connectivity index is 1.80. The molecule has 4 nitrogen and oxygen atoms in total. The van der Waals surface area contributed by atoms with Crippen molar-refractivity contribution in [2.45, 2.75) is 24.1 Å². The van der Waals surface area contributed by atoms with Crippen molar-refractivity contribution in [1.82, 2.24) is 4.90 Å². The number of benzene rings is 1. The van der Waals surface area contributed by atoms with E-state index in [1.54, 1.807) is 6.08 Å². The number of rotatable bonds is 4. The smallest absolute Gasteiger partial charge is 0.241 e. The monoisotopic (exact) mass is 307 g/mol. The molecule has 1 aromatic carbocycles. The molecule has 5 heteroatoms. The standard InChI is InChI=1S/C16H18ClNO3/c1-2-12(15(17)16(19)18-7-3-4-8-18)11-5-6-13-14(9-11)21-10-20-13/h2,5-6,9,12,15H,1,3-4,7-8,10H2/t12-,15-/m1/s1. The molecule has 0 radical (unpaired) electrons. The first kappa shape index (κ1) is 14.3. The van der Waals surface area contributed by atoms with E-state index in [2.05, 4.69) is 6.58 Å². The van der Waals surface area contributed by atoms with E-state index in [1.165, 1.54) is 0 Å². The fourth-order valence-electron chi connectivity index (χ4n) is 2.81. The zero-order valence-corrected chi connectivity index (χ0v) is 12.5. The molecule has 0 aliphatic carbocycles. The summed E-state index contributed by atoms with van der Waals surface area (Å²) in [5.74, 6) is 1.15. The van der Waals surface area contributed by atoms with Crippen LogP contribution in [0.1, 0.15) is 24.3 Å². The molecule has 0 aromatic heterocycles. The molecule has 0 spiro atoms. The largest absolute Gasteiger partial charge is 0.454 e. The molecular formula is C16H18ClNO3. The van der Waals surface area contributed by atoms with Gasteiger partial charge in [-0.25, -0.2) is 0 Å². The number of hydrogen-bond acceptors (Lipinski definition) is 3. The van der Waals surface area contributed by atoms with Gasteiger partial charge in [-0.1, -0.05) is 12.1 Å². The summed E-state index contributed by atoms with van der Waals surface area (Å²) in [5.41, 5.74) is 0.918. The average Bonchev–Trinajstić information content (AvgIpc) is 3.17. The highest BCUT2D eigenvalue weighted by molar-refractivity contribution is 6.31.